The monoisotopic (exact) mass is 278 g/mol. The van der Waals surface area contributed by atoms with E-state index in [4.69, 9.17) is 4.74 Å². The van der Waals surface area contributed by atoms with Gasteiger partial charge in [0.05, 0.1) is 6.61 Å². The molecular weight excluding hydrogens is 260 g/mol. The number of carbonyl (C=O) groups is 2. The summed E-state index contributed by atoms with van der Waals surface area (Å²) in [5, 5.41) is 9.23. The van der Waals surface area contributed by atoms with Gasteiger partial charge < -0.3 is 14.7 Å². The number of pyridine rings is 1. The molecule has 1 amide bonds. The van der Waals surface area contributed by atoms with Crippen LogP contribution < -0.4 is 4.74 Å². The van der Waals surface area contributed by atoms with Crippen molar-refractivity contribution in [2.45, 2.75) is 38.8 Å². The van der Waals surface area contributed by atoms with E-state index in [2.05, 4.69) is 4.98 Å². The Morgan fingerprint density at radius 2 is 2.25 bits per heavy atom. The molecule has 6 nitrogen and oxygen atoms in total. The number of hydrogen-bond acceptors (Lipinski definition) is 4. The van der Waals surface area contributed by atoms with Gasteiger partial charge in [0.25, 0.3) is 5.91 Å². The molecule has 1 saturated heterocycles. The van der Waals surface area contributed by atoms with Crippen molar-refractivity contribution in [3.63, 3.8) is 0 Å². The molecular formula is C14H18N2O4. The van der Waals surface area contributed by atoms with E-state index < -0.39 is 12.0 Å². The summed E-state index contributed by atoms with van der Waals surface area (Å²) in [6, 6.07) is 2.39. The van der Waals surface area contributed by atoms with Gasteiger partial charge in [-0.1, -0.05) is 0 Å². The zero-order valence-corrected chi connectivity index (χ0v) is 11.6. The molecule has 1 fully saturated rings. The summed E-state index contributed by atoms with van der Waals surface area (Å²) in [4.78, 5) is 29.3. The van der Waals surface area contributed by atoms with Crippen molar-refractivity contribution in [3.05, 3.63) is 23.9 Å². The number of carboxylic acid groups (broad SMARTS) is 1. The van der Waals surface area contributed by atoms with Gasteiger partial charge in [0.1, 0.15) is 11.6 Å². The number of amides is 1. The lowest BCUT2D eigenvalue weighted by Gasteiger charge is -2.26. The van der Waals surface area contributed by atoms with Crippen LogP contribution in [0.4, 0.5) is 0 Å². The average Bonchev–Trinajstić information content (AvgIpc) is 2.81. The van der Waals surface area contributed by atoms with Crippen LogP contribution in [0.15, 0.2) is 18.3 Å². The van der Waals surface area contributed by atoms with Gasteiger partial charge in [0.15, 0.2) is 0 Å². The lowest BCUT2D eigenvalue weighted by Crippen LogP contribution is -2.44. The Bertz CT molecular complexity index is 518. The zero-order chi connectivity index (χ0) is 14.7. The second kappa shape index (κ2) is 5.90. The molecule has 108 valence electrons. The van der Waals surface area contributed by atoms with Crippen molar-refractivity contribution in [1.82, 2.24) is 9.88 Å². The van der Waals surface area contributed by atoms with Crippen LogP contribution in [0.1, 0.15) is 37.0 Å². The minimum Gasteiger partial charge on any atom is -0.480 e. The largest absolute Gasteiger partial charge is 0.480 e. The van der Waals surface area contributed by atoms with Crippen molar-refractivity contribution in [1.29, 1.82) is 0 Å². The van der Waals surface area contributed by atoms with Gasteiger partial charge in [-0.3, -0.25) is 4.79 Å². The molecule has 0 radical (unpaired) electrons. The summed E-state index contributed by atoms with van der Waals surface area (Å²) in [7, 11) is 0. The molecule has 2 atom stereocenters. The summed E-state index contributed by atoms with van der Waals surface area (Å²) in [5.74, 6) is -1.05. The van der Waals surface area contributed by atoms with Gasteiger partial charge in [-0.15, -0.1) is 0 Å². The Labute approximate surface area is 117 Å². The SMILES string of the molecule is CCOc1ncccc1C(=O)N1[C@@H](C)CC[C@H]1C(=O)O. The van der Waals surface area contributed by atoms with Crippen molar-refractivity contribution >= 4 is 11.9 Å². The molecule has 0 saturated carbocycles. The standard InChI is InChI=1S/C14H18N2O4/c1-3-20-12-10(5-4-8-15-12)13(17)16-9(2)6-7-11(16)14(18)19/h4-5,8-9,11H,3,6-7H2,1-2H3,(H,18,19)/t9-,11-/m0/s1. The highest BCUT2D eigenvalue weighted by Crippen LogP contribution is 2.28. The fourth-order valence-corrected chi connectivity index (χ4v) is 2.51. The molecule has 1 aliphatic rings. The average molecular weight is 278 g/mol. The van der Waals surface area contributed by atoms with Gasteiger partial charge in [-0.25, -0.2) is 9.78 Å². The van der Waals surface area contributed by atoms with Crippen LogP contribution in [0.2, 0.25) is 0 Å². The maximum atomic E-state index is 12.6. The van der Waals surface area contributed by atoms with Crippen LogP contribution in [-0.4, -0.2) is 45.6 Å². The van der Waals surface area contributed by atoms with E-state index in [1.165, 1.54) is 4.90 Å². The Morgan fingerprint density at radius 3 is 2.90 bits per heavy atom. The first-order chi connectivity index (χ1) is 9.56. The van der Waals surface area contributed by atoms with E-state index in [0.717, 1.165) is 0 Å². The lowest BCUT2D eigenvalue weighted by atomic mass is 10.2. The minimum absolute atomic E-state index is 0.0988. The zero-order valence-electron chi connectivity index (χ0n) is 11.6. The third-order valence-electron chi connectivity index (χ3n) is 3.47. The van der Waals surface area contributed by atoms with E-state index in [9.17, 15) is 14.7 Å². The van der Waals surface area contributed by atoms with Crippen molar-refractivity contribution < 1.29 is 19.4 Å². The van der Waals surface area contributed by atoms with Crippen LogP contribution >= 0.6 is 0 Å². The fourth-order valence-electron chi connectivity index (χ4n) is 2.51. The second-order valence-electron chi connectivity index (χ2n) is 4.78. The third-order valence-corrected chi connectivity index (χ3v) is 3.47. The summed E-state index contributed by atoms with van der Waals surface area (Å²) in [6.07, 6.45) is 2.71. The van der Waals surface area contributed by atoms with Crippen LogP contribution in [0.3, 0.4) is 0 Å². The number of likely N-dealkylation sites (tertiary alicyclic amines) is 1. The first kappa shape index (κ1) is 14.3. The minimum atomic E-state index is -0.968. The number of nitrogens with zero attached hydrogens (tertiary/aromatic N) is 2. The van der Waals surface area contributed by atoms with Crippen LogP contribution in [0.5, 0.6) is 5.88 Å². The molecule has 0 aromatic carbocycles. The van der Waals surface area contributed by atoms with Gasteiger partial charge in [-0.05, 0) is 38.8 Å². The first-order valence-corrected chi connectivity index (χ1v) is 6.69. The maximum absolute atomic E-state index is 12.6. The number of aromatic nitrogens is 1. The summed E-state index contributed by atoms with van der Waals surface area (Å²) in [6.45, 7) is 4.06. The highest BCUT2D eigenvalue weighted by atomic mass is 16.5. The van der Waals surface area contributed by atoms with Gasteiger partial charge in [0.2, 0.25) is 5.88 Å². The molecule has 1 N–H and O–H groups in total. The van der Waals surface area contributed by atoms with Gasteiger partial charge in [-0.2, -0.15) is 0 Å². The number of rotatable bonds is 4. The topological polar surface area (TPSA) is 79.7 Å². The summed E-state index contributed by atoms with van der Waals surface area (Å²) in [5.41, 5.74) is 0.314. The molecule has 0 unspecified atom stereocenters. The first-order valence-electron chi connectivity index (χ1n) is 6.69. The smallest absolute Gasteiger partial charge is 0.326 e. The van der Waals surface area contributed by atoms with E-state index in [1.807, 2.05) is 13.8 Å². The number of ether oxygens (including phenoxy) is 1. The number of carbonyl (C=O) groups excluding carboxylic acids is 1. The van der Waals surface area contributed by atoms with Crippen molar-refractivity contribution in [3.8, 4) is 5.88 Å². The fraction of sp³-hybridized carbons (Fsp3) is 0.500. The van der Waals surface area contributed by atoms with E-state index in [-0.39, 0.29) is 17.8 Å². The van der Waals surface area contributed by atoms with Crippen LogP contribution in [0.25, 0.3) is 0 Å². The molecule has 1 aromatic heterocycles. The van der Waals surface area contributed by atoms with Crippen LogP contribution in [0, 0.1) is 0 Å². The van der Waals surface area contributed by atoms with Gasteiger partial charge >= 0.3 is 5.97 Å². The number of carboxylic acids is 1. The predicted octanol–water partition coefficient (Wildman–Crippen LogP) is 1.56. The predicted molar refractivity (Wildman–Crippen MR) is 71.7 cm³/mol. The van der Waals surface area contributed by atoms with Crippen LogP contribution in [-0.2, 0) is 4.79 Å². The maximum Gasteiger partial charge on any atom is 0.326 e. The van der Waals surface area contributed by atoms with E-state index in [0.29, 0.717) is 25.0 Å². The normalized spacial score (nSPS) is 21.8. The van der Waals surface area contributed by atoms with E-state index >= 15 is 0 Å². The Balaban J connectivity index is 2.32. The molecule has 0 bridgehead atoms. The number of hydrogen-bond donors (Lipinski definition) is 1. The molecule has 0 spiro atoms. The lowest BCUT2D eigenvalue weighted by molar-refractivity contribution is -0.141. The molecule has 6 heteroatoms. The molecule has 20 heavy (non-hydrogen) atoms. The Morgan fingerprint density at radius 1 is 1.50 bits per heavy atom. The summed E-state index contributed by atoms with van der Waals surface area (Å²) >= 11 is 0. The van der Waals surface area contributed by atoms with Crippen molar-refractivity contribution in [2.24, 2.45) is 0 Å². The summed E-state index contributed by atoms with van der Waals surface area (Å²) < 4.78 is 5.34. The highest BCUT2D eigenvalue weighted by Gasteiger charge is 2.40. The molecule has 2 heterocycles. The number of aliphatic carboxylic acids is 1. The quantitative estimate of drug-likeness (QED) is 0.904. The Hall–Kier alpha value is -2.11. The molecule has 0 aliphatic carbocycles. The molecule has 1 aliphatic heterocycles. The molecule has 1 aromatic rings. The van der Waals surface area contributed by atoms with Gasteiger partial charge in [0, 0.05) is 12.2 Å². The second-order valence-corrected chi connectivity index (χ2v) is 4.78. The third kappa shape index (κ3) is 2.59. The van der Waals surface area contributed by atoms with E-state index in [1.54, 1.807) is 18.3 Å². The highest BCUT2D eigenvalue weighted by molar-refractivity contribution is 5.99. The van der Waals surface area contributed by atoms with Crippen molar-refractivity contribution in [2.75, 3.05) is 6.61 Å². The molecule has 2 rings (SSSR count). The Kier molecular flexibility index (Phi) is 4.22.